The maximum Gasteiger partial charge on any atom is 0.280 e. The molecule has 4 heterocycles. The Balaban J connectivity index is 1.43. The van der Waals surface area contributed by atoms with Crippen LogP contribution in [0.4, 0.5) is 10.8 Å². The lowest BCUT2D eigenvalue weighted by atomic mass is 9.99. The number of hydrogen-bond donors (Lipinski definition) is 1. The second kappa shape index (κ2) is 8.92. The van der Waals surface area contributed by atoms with Gasteiger partial charge >= 0.3 is 0 Å². The summed E-state index contributed by atoms with van der Waals surface area (Å²) in [5.41, 5.74) is 0.537. The van der Waals surface area contributed by atoms with E-state index in [2.05, 4.69) is 10.3 Å². The Kier molecular flexibility index (Phi) is 6.42. The van der Waals surface area contributed by atoms with Gasteiger partial charge in [0.05, 0.1) is 31.1 Å². The normalized spacial score (nSPS) is 17.5. The number of nitro groups is 1. The first-order chi connectivity index (χ1) is 14.7. The summed E-state index contributed by atoms with van der Waals surface area (Å²) in [4.78, 5) is 28.1. The molecule has 31 heavy (non-hydrogen) atoms. The molecule has 0 aromatic carbocycles. The van der Waals surface area contributed by atoms with Crippen LogP contribution in [0.3, 0.4) is 0 Å². The minimum atomic E-state index is -3.70. The van der Waals surface area contributed by atoms with E-state index in [-0.39, 0.29) is 22.3 Å². The third-order valence-electron chi connectivity index (χ3n) is 4.68. The number of thiazole rings is 1. The molecule has 4 rings (SSSR count). The molecule has 14 heteroatoms. The predicted octanol–water partition coefficient (Wildman–Crippen LogP) is 4.53. The van der Waals surface area contributed by atoms with Gasteiger partial charge in [0.15, 0.2) is 5.13 Å². The number of anilines is 1. The molecule has 1 saturated heterocycles. The number of carbonyl (C=O) groups excluding carboxylic acids is 1. The number of hydrogen-bond acceptors (Lipinski definition) is 9. The summed E-state index contributed by atoms with van der Waals surface area (Å²) in [6.45, 7) is 0.430. The number of aromatic nitrogens is 1. The van der Waals surface area contributed by atoms with Crippen LogP contribution in [0.25, 0.3) is 10.6 Å². The van der Waals surface area contributed by atoms with Gasteiger partial charge in [-0.2, -0.15) is 4.31 Å². The first-order valence-electron chi connectivity index (χ1n) is 8.99. The highest BCUT2D eigenvalue weighted by molar-refractivity contribution is 7.91. The van der Waals surface area contributed by atoms with Gasteiger partial charge in [-0.3, -0.25) is 14.9 Å². The van der Waals surface area contributed by atoms with Gasteiger partial charge in [0.1, 0.15) is 4.21 Å². The van der Waals surface area contributed by atoms with Gasteiger partial charge < -0.3 is 5.32 Å². The van der Waals surface area contributed by atoms with Crippen molar-refractivity contribution in [3.05, 3.63) is 43.4 Å². The number of halogens is 1. The van der Waals surface area contributed by atoms with E-state index >= 15 is 0 Å². The zero-order chi connectivity index (χ0) is 22.2. The molecular formula is C17H15ClN4O5S4. The van der Waals surface area contributed by atoms with Crippen LogP contribution in [0.2, 0.25) is 4.34 Å². The molecule has 1 aliphatic heterocycles. The van der Waals surface area contributed by atoms with E-state index in [0.717, 1.165) is 11.3 Å². The summed E-state index contributed by atoms with van der Waals surface area (Å²) in [6.07, 6.45) is 1.14. The maximum absolute atomic E-state index is 12.8. The molecule has 3 aromatic rings. The van der Waals surface area contributed by atoms with Crippen LogP contribution in [0.15, 0.2) is 33.2 Å². The third kappa shape index (κ3) is 4.81. The third-order valence-corrected chi connectivity index (χ3v) is 9.94. The van der Waals surface area contributed by atoms with Crippen molar-refractivity contribution in [3.63, 3.8) is 0 Å². The van der Waals surface area contributed by atoms with Crippen LogP contribution in [0.5, 0.6) is 0 Å². The molecule has 1 fully saturated rings. The average Bonchev–Trinajstić information content (AvgIpc) is 3.48. The van der Waals surface area contributed by atoms with E-state index in [9.17, 15) is 23.3 Å². The van der Waals surface area contributed by atoms with E-state index in [1.54, 1.807) is 5.38 Å². The van der Waals surface area contributed by atoms with Gasteiger partial charge in [-0.1, -0.05) is 11.6 Å². The quantitative estimate of drug-likeness (QED) is 0.377. The SMILES string of the molecule is O=C(Nc1nc(-c2cc([N+](=O)[O-])cs2)cs1)C1CCCN(S(=O)(=O)c2ccc(Cl)s2)C1. The van der Waals surface area contributed by atoms with Crippen molar-refractivity contribution in [3.8, 4) is 10.6 Å². The molecule has 3 aromatic heterocycles. The Morgan fingerprint density at radius 3 is 2.81 bits per heavy atom. The molecule has 164 valence electrons. The van der Waals surface area contributed by atoms with Crippen molar-refractivity contribution in [1.29, 1.82) is 0 Å². The van der Waals surface area contributed by atoms with Crippen LogP contribution in [0.1, 0.15) is 12.8 Å². The predicted molar refractivity (Wildman–Crippen MR) is 122 cm³/mol. The molecule has 0 saturated carbocycles. The lowest BCUT2D eigenvalue weighted by molar-refractivity contribution is -0.384. The Hall–Kier alpha value is -1.90. The fourth-order valence-electron chi connectivity index (χ4n) is 3.15. The monoisotopic (exact) mass is 518 g/mol. The van der Waals surface area contributed by atoms with Crippen molar-refractivity contribution in [2.75, 3.05) is 18.4 Å². The second-order valence-electron chi connectivity index (χ2n) is 6.71. The fourth-order valence-corrected chi connectivity index (χ4v) is 7.91. The number of thiophene rings is 2. The Bertz CT molecular complexity index is 1230. The Labute approximate surface area is 194 Å². The van der Waals surface area contributed by atoms with Crippen LogP contribution < -0.4 is 5.32 Å². The Morgan fingerprint density at radius 2 is 2.13 bits per heavy atom. The number of amides is 1. The lowest BCUT2D eigenvalue weighted by Gasteiger charge is -2.30. The van der Waals surface area contributed by atoms with Gasteiger partial charge in [0, 0.05) is 24.5 Å². The minimum absolute atomic E-state index is 0.00544. The van der Waals surface area contributed by atoms with E-state index in [1.165, 1.54) is 50.6 Å². The molecule has 1 unspecified atom stereocenters. The summed E-state index contributed by atoms with van der Waals surface area (Å²) >= 11 is 9.27. The Morgan fingerprint density at radius 1 is 1.32 bits per heavy atom. The standard InChI is InChI=1S/C17H15ClN4O5S4/c18-14-3-4-15(30-14)31(26,27)21-5-1-2-10(7-21)16(23)20-17-19-12(9-29-17)13-6-11(8-28-13)22(24)25/h3-4,6,8-10H,1-2,5,7H2,(H,19,20,23). The zero-order valence-corrected chi connectivity index (χ0v) is 19.7. The number of nitrogens with one attached hydrogen (secondary N) is 1. The van der Waals surface area contributed by atoms with Gasteiger partial charge in [-0.05, 0) is 25.0 Å². The molecular weight excluding hydrogens is 504 g/mol. The molecule has 0 radical (unpaired) electrons. The van der Waals surface area contributed by atoms with Crippen molar-refractivity contribution < 1.29 is 18.1 Å². The topological polar surface area (TPSA) is 123 Å². The summed E-state index contributed by atoms with van der Waals surface area (Å²) in [5, 5.41) is 17.1. The number of carbonyl (C=O) groups is 1. The summed E-state index contributed by atoms with van der Waals surface area (Å²) in [7, 11) is -3.70. The second-order valence-corrected chi connectivity index (χ2v) is 12.4. The molecule has 1 aliphatic rings. The van der Waals surface area contributed by atoms with Gasteiger partial charge in [0.25, 0.3) is 15.7 Å². The van der Waals surface area contributed by atoms with Crippen LogP contribution in [-0.4, -0.2) is 41.6 Å². The lowest BCUT2D eigenvalue weighted by Crippen LogP contribution is -2.43. The minimum Gasteiger partial charge on any atom is -0.302 e. The van der Waals surface area contributed by atoms with Crippen molar-refractivity contribution in [2.45, 2.75) is 17.1 Å². The largest absolute Gasteiger partial charge is 0.302 e. The van der Waals surface area contributed by atoms with Crippen LogP contribution >= 0.6 is 45.6 Å². The summed E-state index contributed by atoms with van der Waals surface area (Å²) in [5.74, 6) is -0.809. The molecule has 0 aliphatic carbocycles. The highest BCUT2D eigenvalue weighted by Gasteiger charge is 2.34. The van der Waals surface area contributed by atoms with E-state index in [1.807, 2.05) is 0 Å². The molecule has 0 bridgehead atoms. The molecule has 1 atom stereocenters. The number of sulfonamides is 1. The van der Waals surface area contributed by atoms with Crippen LogP contribution in [0, 0.1) is 16.0 Å². The van der Waals surface area contributed by atoms with Crippen LogP contribution in [-0.2, 0) is 14.8 Å². The molecule has 0 spiro atoms. The average molecular weight is 519 g/mol. The van der Waals surface area contributed by atoms with E-state index in [4.69, 9.17) is 11.6 Å². The fraction of sp³-hybridized carbons (Fsp3) is 0.294. The zero-order valence-electron chi connectivity index (χ0n) is 15.7. The van der Waals surface area contributed by atoms with Gasteiger partial charge in [-0.25, -0.2) is 13.4 Å². The molecule has 1 amide bonds. The first kappa shape index (κ1) is 22.3. The summed E-state index contributed by atoms with van der Waals surface area (Å²) in [6, 6.07) is 4.44. The van der Waals surface area contributed by atoms with E-state index < -0.39 is 20.9 Å². The smallest absolute Gasteiger partial charge is 0.280 e. The number of nitrogens with zero attached hydrogens (tertiary/aromatic N) is 3. The van der Waals surface area contributed by atoms with Gasteiger partial charge in [0.2, 0.25) is 5.91 Å². The van der Waals surface area contributed by atoms with Crippen molar-refractivity contribution in [2.24, 2.45) is 5.92 Å². The highest BCUT2D eigenvalue weighted by atomic mass is 35.5. The van der Waals surface area contributed by atoms with Gasteiger partial charge in [-0.15, -0.1) is 34.0 Å². The number of rotatable bonds is 6. The van der Waals surface area contributed by atoms with Crippen molar-refractivity contribution in [1.82, 2.24) is 9.29 Å². The summed E-state index contributed by atoms with van der Waals surface area (Å²) < 4.78 is 27.5. The molecule has 9 nitrogen and oxygen atoms in total. The first-order valence-corrected chi connectivity index (χ1v) is 13.4. The molecule has 1 N–H and O–H groups in total. The van der Waals surface area contributed by atoms with E-state index in [0.29, 0.717) is 39.4 Å². The maximum atomic E-state index is 12.8. The van der Waals surface area contributed by atoms with Crippen molar-refractivity contribution >= 4 is 72.4 Å². The highest BCUT2D eigenvalue weighted by Crippen LogP contribution is 2.34. The number of piperidine rings is 1.